The van der Waals surface area contributed by atoms with Crippen LogP contribution in [0.15, 0.2) is 36.5 Å². The lowest BCUT2D eigenvalue weighted by Crippen LogP contribution is -2.30. The third-order valence-electron chi connectivity index (χ3n) is 13.6. The van der Waals surface area contributed by atoms with Crippen LogP contribution >= 0.6 is 0 Å². The highest BCUT2D eigenvalue weighted by Crippen LogP contribution is 2.17. The average Bonchev–Trinajstić information content (AvgIpc) is 3.35. The minimum absolute atomic E-state index is 0.0732. The van der Waals surface area contributed by atoms with Crippen molar-refractivity contribution in [1.82, 2.24) is 0 Å². The molecular weight excluding hydrogens is 853 g/mol. The van der Waals surface area contributed by atoms with Crippen molar-refractivity contribution >= 4 is 17.9 Å². The fourth-order valence-electron chi connectivity index (χ4n) is 9.00. The molecule has 0 aromatic carbocycles. The topological polar surface area (TPSA) is 78.9 Å². The summed E-state index contributed by atoms with van der Waals surface area (Å²) in [7, 11) is 0. The van der Waals surface area contributed by atoms with Gasteiger partial charge in [0, 0.05) is 19.3 Å². The van der Waals surface area contributed by atoms with Crippen molar-refractivity contribution in [3.63, 3.8) is 0 Å². The number of esters is 3. The summed E-state index contributed by atoms with van der Waals surface area (Å²) in [6.07, 6.45) is 69.9. The molecule has 0 saturated carbocycles. The molecule has 6 nitrogen and oxygen atoms in total. The molecule has 0 unspecified atom stereocenters. The average molecular weight is 970 g/mol. The van der Waals surface area contributed by atoms with E-state index in [0.29, 0.717) is 19.3 Å². The standard InChI is InChI=1S/C63H116O6/c1-4-7-10-13-16-19-22-25-27-29-31-33-35-38-41-44-47-50-53-56-62(65)68-59-60(58-67-61(64)55-52-49-46-43-40-37-24-21-18-15-12-9-6-3)69-63(66)57-54-51-48-45-42-39-36-34-32-30-28-26-23-20-17-14-11-8-5-2/h16,19,21,24-25,27,60H,4-15,17-18,20,22-23,26,28-59H2,1-3H3/b19-16+,24-21+,27-25+/t60-/m1/s1. The summed E-state index contributed by atoms with van der Waals surface area (Å²) in [5.74, 6) is -0.865. The van der Waals surface area contributed by atoms with Gasteiger partial charge in [-0.1, -0.05) is 269 Å². The Kier molecular flexibility index (Phi) is 56.2. The fraction of sp³-hybridized carbons (Fsp3) is 0.857. The molecule has 6 heteroatoms. The number of carbonyl (C=O) groups is 3. The summed E-state index contributed by atoms with van der Waals surface area (Å²) >= 11 is 0. The van der Waals surface area contributed by atoms with Crippen molar-refractivity contribution in [3.8, 4) is 0 Å². The van der Waals surface area contributed by atoms with Gasteiger partial charge in [-0.3, -0.25) is 14.4 Å². The zero-order chi connectivity index (χ0) is 50.0. The Morgan fingerprint density at radius 2 is 0.522 bits per heavy atom. The molecule has 0 radical (unpaired) electrons. The monoisotopic (exact) mass is 969 g/mol. The SMILES string of the molecule is CCCCC/C=C/C/C=C/CCCCCCCCCCCC(=O)OC[C@@H](COC(=O)CCCCCCC/C=C/CCCCCC)OC(=O)CCCCCCCCCCCCCCCCCCCCC. The van der Waals surface area contributed by atoms with Crippen LogP contribution in [0.25, 0.3) is 0 Å². The van der Waals surface area contributed by atoms with Crippen LogP contribution in [0.1, 0.15) is 329 Å². The number of hydrogen-bond donors (Lipinski definition) is 0. The third kappa shape index (κ3) is 56.4. The Labute approximate surface area is 429 Å². The van der Waals surface area contributed by atoms with E-state index in [9.17, 15) is 14.4 Å². The van der Waals surface area contributed by atoms with Crippen LogP contribution in [-0.2, 0) is 28.6 Å². The first kappa shape index (κ1) is 66.6. The second-order valence-corrected chi connectivity index (χ2v) is 20.6. The van der Waals surface area contributed by atoms with Crippen LogP contribution in [0.5, 0.6) is 0 Å². The number of hydrogen-bond acceptors (Lipinski definition) is 6. The van der Waals surface area contributed by atoms with Gasteiger partial charge in [0.25, 0.3) is 0 Å². The summed E-state index contributed by atoms with van der Waals surface area (Å²) in [5, 5.41) is 0. The fourth-order valence-corrected chi connectivity index (χ4v) is 9.00. The molecule has 0 aromatic heterocycles. The van der Waals surface area contributed by atoms with Crippen LogP contribution in [0, 0.1) is 0 Å². The Morgan fingerprint density at radius 1 is 0.290 bits per heavy atom. The highest BCUT2D eigenvalue weighted by Gasteiger charge is 2.19. The van der Waals surface area contributed by atoms with Gasteiger partial charge >= 0.3 is 17.9 Å². The Morgan fingerprint density at radius 3 is 0.855 bits per heavy atom. The van der Waals surface area contributed by atoms with E-state index in [-0.39, 0.29) is 31.1 Å². The van der Waals surface area contributed by atoms with Crippen LogP contribution in [0.3, 0.4) is 0 Å². The number of ether oxygens (including phenoxy) is 3. The quantitative estimate of drug-likeness (QED) is 0.0261. The molecule has 1 atom stereocenters. The molecular formula is C63H116O6. The third-order valence-corrected chi connectivity index (χ3v) is 13.6. The highest BCUT2D eigenvalue weighted by atomic mass is 16.6. The molecule has 0 aromatic rings. The van der Waals surface area contributed by atoms with Crippen LogP contribution in [-0.4, -0.2) is 37.2 Å². The first-order chi connectivity index (χ1) is 34.0. The van der Waals surface area contributed by atoms with E-state index in [1.807, 2.05) is 0 Å². The molecule has 0 aliphatic carbocycles. The van der Waals surface area contributed by atoms with E-state index >= 15 is 0 Å². The van der Waals surface area contributed by atoms with Crippen molar-refractivity contribution in [3.05, 3.63) is 36.5 Å². The number of unbranched alkanes of at least 4 members (excludes halogenated alkanes) is 39. The summed E-state index contributed by atoms with van der Waals surface area (Å²) < 4.78 is 16.9. The lowest BCUT2D eigenvalue weighted by atomic mass is 10.0. The normalized spacial score (nSPS) is 12.2. The lowest BCUT2D eigenvalue weighted by molar-refractivity contribution is -0.167. The zero-order valence-electron chi connectivity index (χ0n) is 46.3. The van der Waals surface area contributed by atoms with Gasteiger partial charge in [-0.15, -0.1) is 0 Å². The minimum Gasteiger partial charge on any atom is -0.462 e. The second kappa shape index (κ2) is 58.2. The molecule has 0 rings (SSSR count). The summed E-state index contributed by atoms with van der Waals surface area (Å²) in [6, 6.07) is 0. The number of rotatable bonds is 56. The zero-order valence-corrected chi connectivity index (χ0v) is 46.3. The molecule has 0 bridgehead atoms. The van der Waals surface area contributed by atoms with E-state index in [4.69, 9.17) is 14.2 Å². The Bertz CT molecular complexity index is 1160. The first-order valence-corrected chi connectivity index (χ1v) is 30.5. The second-order valence-electron chi connectivity index (χ2n) is 20.6. The van der Waals surface area contributed by atoms with E-state index in [0.717, 1.165) is 70.6 Å². The first-order valence-electron chi connectivity index (χ1n) is 30.5. The van der Waals surface area contributed by atoms with Crippen molar-refractivity contribution in [1.29, 1.82) is 0 Å². The van der Waals surface area contributed by atoms with Gasteiger partial charge in [-0.25, -0.2) is 0 Å². The van der Waals surface area contributed by atoms with Crippen molar-refractivity contribution in [2.75, 3.05) is 13.2 Å². The maximum Gasteiger partial charge on any atom is 0.306 e. The summed E-state index contributed by atoms with van der Waals surface area (Å²) in [4.78, 5) is 38.2. The van der Waals surface area contributed by atoms with Gasteiger partial charge in [0.1, 0.15) is 13.2 Å². The van der Waals surface area contributed by atoms with Gasteiger partial charge in [0.05, 0.1) is 0 Å². The maximum atomic E-state index is 12.9. The molecule has 0 spiro atoms. The van der Waals surface area contributed by atoms with Crippen molar-refractivity contribution in [2.24, 2.45) is 0 Å². The number of carbonyl (C=O) groups excluding carboxylic acids is 3. The molecule has 0 heterocycles. The Hall–Kier alpha value is -2.37. The predicted molar refractivity (Wildman–Crippen MR) is 298 cm³/mol. The molecule has 0 aliphatic heterocycles. The molecule has 0 amide bonds. The predicted octanol–water partition coefficient (Wildman–Crippen LogP) is 20.4. The summed E-state index contributed by atoms with van der Waals surface area (Å²) in [5.41, 5.74) is 0. The van der Waals surface area contributed by atoms with Crippen LogP contribution in [0.2, 0.25) is 0 Å². The minimum atomic E-state index is -0.774. The van der Waals surface area contributed by atoms with Gasteiger partial charge in [0.2, 0.25) is 0 Å². The maximum absolute atomic E-state index is 12.9. The van der Waals surface area contributed by atoms with Gasteiger partial charge in [0.15, 0.2) is 6.10 Å². The van der Waals surface area contributed by atoms with Crippen LogP contribution < -0.4 is 0 Å². The number of allylic oxidation sites excluding steroid dienone is 6. The van der Waals surface area contributed by atoms with E-state index in [1.54, 1.807) is 0 Å². The van der Waals surface area contributed by atoms with Crippen LogP contribution in [0.4, 0.5) is 0 Å². The molecule has 0 fully saturated rings. The van der Waals surface area contributed by atoms with E-state index in [2.05, 4.69) is 57.2 Å². The van der Waals surface area contributed by atoms with E-state index < -0.39 is 6.10 Å². The van der Waals surface area contributed by atoms with Crippen molar-refractivity contribution < 1.29 is 28.6 Å². The molecule has 404 valence electrons. The van der Waals surface area contributed by atoms with Gasteiger partial charge in [-0.2, -0.15) is 0 Å². The van der Waals surface area contributed by atoms with E-state index in [1.165, 1.54) is 218 Å². The smallest absolute Gasteiger partial charge is 0.306 e. The molecule has 0 saturated heterocycles. The summed E-state index contributed by atoms with van der Waals surface area (Å²) in [6.45, 7) is 6.64. The molecule has 0 aliphatic rings. The van der Waals surface area contributed by atoms with Gasteiger partial charge < -0.3 is 14.2 Å². The highest BCUT2D eigenvalue weighted by molar-refractivity contribution is 5.71. The molecule has 0 N–H and O–H groups in total. The lowest BCUT2D eigenvalue weighted by Gasteiger charge is -2.18. The van der Waals surface area contributed by atoms with Gasteiger partial charge in [-0.05, 0) is 77.0 Å². The Balaban J connectivity index is 4.32. The largest absolute Gasteiger partial charge is 0.462 e. The molecule has 69 heavy (non-hydrogen) atoms. The van der Waals surface area contributed by atoms with Crippen molar-refractivity contribution in [2.45, 2.75) is 335 Å².